The highest BCUT2D eigenvalue weighted by Crippen LogP contribution is 2.37. The number of carbonyl (C=O) groups is 1. The van der Waals surface area contributed by atoms with Gasteiger partial charge in [-0.2, -0.15) is 0 Å². The molecule has 1 saturated heterocycles. The van der Waals surface area contributed by atoms with Crippen LogP contribution in [0.5, 0.6) is 0 Å². The Morgan fingerprint density at radius 3 is 2.66 bits per heavy atom. The van der Waals surface area contributed by atoms with Gasteiger partial charge in [0.2, 0.25) is 11.5 Å². The second-order valence-electron chi connectivity index (χ2n) is 11.1. The van der Waals surface area contributed by atoms with E-state index in [1.54, 1.807) is 25.4 Å². The maximum Gasteiger partial charge on any atom is 0.247 e. The molecular formula is C33H39FN4O3. The maximum atomic E-state index is 14.9. The van der Waals surface area contributed by atoms with E-state index in [2.05, 4.69) is 9.55 Å². The van der Waals surface area contributed by atoms with Crippen LogP contribution in [0.2, 0.25) is 0 Å². The van der Waals surface area contributed by atoms with E-state index in [4.69, 9.17) is 10.5 Å². The molecule has 2 aromatic heterocycles. The molecule has 3 N–H and O–H groups in total. The first-order valence-electron chi connectivity index (χ1n) is 14.4. The van der Waals surface area contributed by atoms with Gasteiger partial charge in [-0.25, -0.2) is 4.39 Å². The molecule has 3 heterocycles. The van der Waals surface area contributed by atoms with E-state index in [0.29, 0.717) is 31.5 Å². The Morgan fingerprint density at radius 1 is 1.15 bits per heavy atom. The number of carbonyl (C=O) groups excluding carboxylic acids is 1. The number of likely N-dealkylation sites (tertiary alicyclic amines) is 1. The highest BCUT2D eigenvalue weighted by atomic mass is 19.1. The van der Waals surface area contributed by atoms with Crippen LogP contribution in [-0.4, -0.2) is 53.2 Å². The number of ether oxygens (including phenoxy) is 1. The molecular weight excluding hydrogens is 519 g/mol. The van der Waals surface area contributed by atoms with Gasteiger partial charge < -0.3 is 24.9 Å². The first-order chi connectivity index (χ1) is 19.9. The number of aryl methyl sites for hydroxylation is 2. The largest absolute Gasteiger partial charge is 0.385 e. The molecule has 7 nitrogen and oxygen atoms in total. The van der Waals surface area contributed by atoms with Crippen molar-refractivity contribution in [2.45, 2.75) is 57.5 Å². The third-order valence-corrected chi connectivity index (χ3v) is 8.23. The van der Waals surface area contributed by atoms with Crippen LogP contribution in [0, 0.1) is 12.7 Å². The molecule has 1 unspecified atom stereocenters. The van der Waals surface area contributed by atoms with Crippen molar-refractivity contribution in [1.29, 1.82) is 0 Å². The van der Waals surface area contributed by atoms with E-state index in [9.17, 15) is 14.0 Å². The molecule has 1 amide bonds. The zero-order valence-electron chi connectivity index (χ0n) is 23.9. The minimum atomic E-state index is -0.293. The van der Waals surface area contributed by atoms with E-state index in [0.717, 1.165) is 59.3 Å². The number of rotatable bonds is 10. The van der Waals surface area contributed by atoms with Crippen LogP contribution in [0.4, 0.5) is 4.39 Å². The lowest BCUT2D eigenvalue weighted by Crippen LogP contribution is -2.42. The van der Waals surface area contributed by atoms with E-state index in [1.165, 1.54) is 12.1 Å². The average Bonchev–Trinajstić information content (AvgIpc) is 3.26. The molecule has 0 radical (unpaired) electrons. The monoisotopic (exact) mass is 558 g/mol. The van der Waals surface area contributed by atoms with E-state index < -0.39 is 0 Å². The molecule has 2 aromatic carbocycles. The highest BCUT2D eigenvalue weighted by molar-refractivity contribution is 5.86. The molecule has 0 saturated carbocycles. The van der Waals surface area contributed by atoms with Crippen molar-refractivity contribution >= 4 is 16.8 Å². The van der Waals surface area contributed by atoms with Crippen molar-refractivity contribution in [2.24, 2.45) is 5.73 Å². The number of amides is 1. The number of nitrogens with one attached hydrogen (secondary N) is 1. The zero-order valence-corrected chi connectivity index (χ0v) is 23.9. The third kappa shape index (κ3) is 6.44. The summed E-state index contributed by atoms with van der Waals surface area (Å²) in [6.45, 7) is 4.71. The Morgan fingerprint density at radius 2 is 1.93 bits per heavy atom. The van der Waals surface area contributed by atoms with Gasteiger partial charge in [0.15, 0.2) is 0 Å². The quantitative estimate of drug-likeness (QED) is 0.264. The van der Waals surface area contributed by atoms with Crippen molar-refractivity contribution in [1.82, 2.24) is 14.5 Å². The smallest absolute Gasteiger partial charge is 0.247 e. The molecule has 1 fully saturated rings. The predicted octanol–water partition coefficient (Wildman–Crippen LogP) is 5.15. The lowest BCUT2D eigenvalue weighted by Gasteiger charge is -2.34. The Bertz CT molecular complexity index is 1540. The van der Waals surface area contributed by atoms with Gasteiger partial charge in [-0.3, -0.25) is 9.59 Å². The molecule has 0 spiro atoms. The number of benzene rings is 2. The number of hydrogen-bond acceptors (Lipinski definition) is 4. The minimum absolute atomic E-state index is 0.0675. The van der Waals surface area contributed by atoms with Crippen LogP contribution in [0.3, 0.4) is 0 Å². The number of H-pyrrole nitrogens is 1. The number of halogens is 1. The SMILES string of the molecule is COCCCn1c(C2CCCN(C(=O)C[C@H](N)Cc3ccc(-c4ccc(=O)[nH]c4)cc3)C2)c(C)c2c(F)cccc21. The van der Waals surface area contributed by atoms with E-state index in [-0.39, 0.29) is 35.7 Å². The first-order valence-corrected chi connectivity index (χ1v) is 14.4. The minimum Gasteiger partial charge on any atom is -0.385 e. The molecule has 216 valence electrons. The fourth-order valence-electron chi connectivity index (χ4n) is 6.28. The van der Waals surface area contributed by atoms with Crippen LogP contribution in [-0.2, 0) is 22.5 Å². The van der Waals surface area contributed by atoms with Gasteiger partial charge >= 0.3 is 0 Å². The molecule has 0 aliphatic carbocycles. The van der Waals surface area contributed by atoms with Gasteiger partial charge in [0.25, 0.3) is 0 Å². The number of aromatic amines is 1. The lowest BCUT2D eigenvalue weighted by molar-refractivity contribution is -0.132. The third-order valence-electron chi connectivity index (χ3n) is 8.23. The topological polar surface area (TPSA) is 93.3 Å². The molecule has 0 bridgehead atoms. The van der Waals surface area contributed by atoms with Crippen LogP contribution in [0.25, 0.3) is 22.0 Å². The second kappa shape index (κ2) is 12.8. The average molecular weight is 559 g/mol. The fraction of sp³-hybridized carbons (Fsp3) is 0.394. The van der Waals surface area contributed by atoms with Crippen LogP contribution >= 0.6 is 0 Å². The van der Waals surface area contributed by atoms with Crippen LogP contribution in [0.1, 0.15) is 48.4 Å². The standard InChI is InChI=1S/C33H39FN4O3/c1-22-32-28(34)7-3-8-29(32)38(16-5-17-41-2)33(22)26-6-4-15-37(21-26)31(40)19-27(35)18-23-9-11-24(12-10-23)25-13-14-30(39)36-20-25/h3,7-14,20,26-27H,4-6,15-19,21,35H2,1-2H3,(H,36,39)/t26?,27-/m1/s1. The van der Waals surface area contributed by atoms with Crippen molar-refractivity contribution in [3.8, 4) is 11.1 Å². The number of fused-ring (bicyclic) bond motifs is 1. The number of hydrogen-bond donors (Lipinski definition) is 2. The first kappa shape index (κ1) is 28.8. The highest BCUT2D eigenvalue weighted by Gasteiger charge is 2.30. The van der Waals surface area contributed by atoms with Crippen molar-refractivity contribution in [3.05, 3.63) is 93.8 Å². The normalized spacial score (nSPS) is 16.3. The Labute approximate surface area is 240 Å². The molecule has 8 heteroatoms. The van der Waals surface area contributed by atoms with Gasteiger partial charge in [-0.15, -0.1) is 0 Å². The van der Waals surface area contributed by atoms with Crippen LogP contribution in [0.15, 0.2) is 65.6 Å². The number of pyridine rings is 1. The number of nitrogens with two attached hydrogens (primary N) is 1. The molecule has 1 aliphatic rings. The van der Waals surface area contributed by atoms with Crippen molar-refractivity contribution in [3.63, 3.8) is 0 Å². The van der Waals surface area contributed by atoms with Crippen molar-refractivity contribution < 1.29 is 13.9 Å². The summed E-state index contributed by atoms with van der Waals surface area (Å²) in [5.74, 6) is 0.00451. The number of nitrogens with zero attached hydrogens (tertiary/aromatic N) is 2. The number of methoxy groups -OCH3 is 1. The number of piperidine rings is 1. The molecule has 1 aliphatic heterocycles. The number of aromatic nitrogens is 2. The summed E-state index contributed by atoms with van der Waals surface area (Å²) in [6, 6.07) is 16.3. The summed E-state index contributed by atoms with van der Waals surface area (Å²) in [5, 5.41) is 0.678. The second-order valence-corrected chi connectivity index (χ2v) is 11.1. The van der Waals surface area contributed by atoms with Gasteiger partial charge in [-0.05, 0) is 73.1 Å². The van der Waals surface area contributed by atoms with Crippen molar-refractivity contribution in [2.75, 3.05) is 26.8 Å². The zero-order chi connectivity index (χ0) is 28.9. The Kier molecular flexibility index (Phi) is 9.00. The summed E-state index contributed by atoms with van der Waals surface area (Å²) in [4.78, 5) is 29.4. The lowest BCUT2D eigenvalue weighted by atomic mass is 9.91. The Hall–Kier alpha value is -3.75. The van der Waals surface area contributed by atoms with E-state index >= 15 is 0 Å². The molecule has 2 atom stereocenters. The summed E-state index contributed by atoms with van der Waals surface area (Å²) >= 11 is 0. The van der Waals surface area contributed by atoms with Gasteiger partial charge in [0.05, 0.1) is 5.52 Å². The molecule has 5 rings (SSSR count). The summed E-state index contributed by atoms with van der Waals surface area (Å²) in [7, 11) is 1.69. The van der Waals surface area contributed by atoms with Gasteiger partial charge in [-0.1, -0.05) is 30.3 Å². The van der Waals surface area contributed by atoms with E-state index in [1.807, 2.05) is 42.2 Å². The van der Waals surface area contributed by atoms with Crippen LogP contribution < -0.4 is 11.3 Å². The van der Waals surface area contributed by atoms with Gasteiger partial charge in [0.1, 0.15) is 5.82 Å². The molecule has 4 aromatic rings. The maximum absolute atomic E-state index is 14.9. The summed E-state index contributed by atoms with van der Waals surface area (Å²) in [6.07, 6.45) is 5.27. The Balaban J connectivity index is 1.25. The summed E-state index contributed by atoms with van der Waals surface area (Å²) in [5.41, 5.74) is 12.3. The fourth-order valence-corrected chi connectivity index (χ4v) is 6.28. The predicted molar refractivity (Wildman–Crippen MR) is 160 cm³/mol. The van der Waals surface area contributed by atoms with Gasteiger partial charge in [0, 0.05) is 75.1 Å². The molecule has 41 heavy (non-hydrogen) atoms. The summed E-state index contributed by atoms with van der Waals surface area (Å²) < 4.78 is 22.4.